The summed E-state index contributed by atoms with van der Waals surface area (Å²) in [5.74, 6) is 0.453. The molecule has 0 aromatic heterocycles. The second-order valence-corrected chi connectivity index (χ2v) is 4.71. The van der Waals surface area contributed by atoms with Crippen LogP contribution in [0.5, 0.6) is 0 Å². The van der Waals surface area contributed by atoms with Crippen LogP contribution in [0.15, 0.2) is 18.2 Å². The van der Waals surface area contributed by atoms with Gasteiger partial charge in [0.05, 0.1) is 0 Å². The third-order valence-corrected chi connectivity index (χ3v) is 3.03. The number of nitrogens with two attached hydrogens (primary N) is 1. The van der Waals surface area contributed by atoms with Crippen molar-refractivity contribution in [3.05, 3.63) is 35.1 Å². The number of nitrogens with one attached hydrogen (secondary N) is 1. The predicted molar refractivity (Wildman–Crippen MR) is 70.5 cm³/mol. The summed E-state index contributed by atoms with van der Waals surface area (Å²) in [7, 11) is 0. The van der Waals surface area contributed by atoms with Gasteiger partial charge in [-0.25, -0.2) is 4.39 Å². The van der Waals surface area contributed by atoms with Crippen molar-refractivity contribution in [1.29, 1.82) is 0 Å². The van der Waals surface area contributed by atoms with Crippen molar-refractivity contribution in [3.8, 4) is 0 Å². The number of halogens is 1. The van der Waals surface area contributed by atoms with Crippen LogP contribution < -0.4 is 11.1 Å². The van der Waals surface area contributed by atoms with E-state index in [1.165, 1.54) is 5.56 Å². The Balaban J connectivity index is 2.20. The zero-order valence-electron chi connectivity index (χ0n) is 10.8. The third kappa shape index (κ3) is 5.29. The van der Waals surface area contributed by atoms with E-state index < -0.39 is 0 Å². The molecule has 0 fully saturated rings. The number of hydrogen-bond donors (Lipinski definition) is 2. The molecule has 17 heavy (non-hydrogen) atoms. The average molecular weight is 238 g/mol. The molecular weight excluding hydrogens is 215 g/mol. The molecule has 1 unspecified atom stereocenters. The lowest BCUT2D eigenvalue weighted by Crippen LogP contribution is -2.22. The van der Waals surface area contributed by atoms with Gasteiger partial charge in [0.25, 0.3) is 0 Å². The largest absolute Gasteiger partial charge is 0.330 e. The molecule has 0 aliphatic heterocycles. The van der Waals surface area contributed by atoms with Gasteiger partial charge in [-0.3, -0.25) is 0 Å². The van der Waals surface area contributed by atoms with E-state index >= 15 is 0 Å². The summed E-state index contributed by atoms with van der Waals surface area (Å²) in [4.78, 5) is 0. The first-order valence-electron chi connectivity index (χ1n) is 6.29. The summed E-state index contributed by atoms with van der Waals surface area (Å²) in [6, 6.07) is 5.31. The van der Waals surface area contributed by atoms with Crippen LogP contribution >= 0.6 is 0 Å². The topological polar surface area (TPSA) is 38.0 Å². The predicted octanol–water partition coefficient (Wildman–Crippen LogP) is 2.25. The Morgan fingerprint density at radius 3 is 2.76 bits per heavy atom. The lowest BCUT2D eigenvalue weighted by Gasteiger charge is -2.09. The molecule has 2 nitrogen and oxygen atoms in total. The summed E-state index contributed by atoms with van der Waals surface area (Å²) in [6.45, 7) is 6.64. The fourth-order valence-corrected chi connectivity index (χ4v) is 1.69. The first-order chi connectivity index (χ1) is 8.13. The Kier molecular flexibility index (Phi) is 6.16. The molecule has 1 atom stereocenters. The van der Waals surface area contributed by atoms with Crippen molar-refractivity contribution in [2.75, 3.05) is 19.6 Å². The first kappa shape index (κ1) is 14.1. The number of rotatable bonds is 7. The Morgan fingerprint density at radius 2 is 2.12 bits per heavy atom. The SMILES string of the molecule is Cc1cc(CCNCCC(C)CN)ccc1F. The normalized spacial score (nSPS) is 12.7. The van der Waals surface area contributed by atoms with E-state index in [4.69, 9.17) is 5.73 Å². The van der Waals surface area contributed by atoms with E-state index in [-0.39, 0.29) is 5.82 Å². The molecule has 0 saturated heterocycles. The monoisotopic (exact) mass is 238 g/mol. The molecule has 1 aromatic rings. The molecule has 0 saturated carbocycles. The molecule has 0 heterocycles. The molecule has 1 rings (SSSR count). The van der Waals surface area contributed by atoms with E-state index in [9.17, 15) is 4.39 Å². The molecule has 3 heteroatoms. The quantitative estimate of drug-likeness (QED) is 0.715. The van der Waals surface area contributed by atoms with Crippen molar-refractivity contribution < 1.29 is 4.39 Å². The van der Waals surface area contributed by atoms with Gasteiger partial charge < -0.3 is 11.1 Å². The third-order valence-electron chi connectivity index (χ3n) is 3.03. The average Bonchev–Trinajstić information content (AvgIpc) is 2.33. The van der Waals surface area contributed by atoms with E-state index in [2.05, 4.69) is 12.2 Å². The zero-order chi connectivity index (χ0) is 12.7. The van der Waals surface area contributed by atoms with Crippen LogP contribution in [0, 0.1) is 18.7 Å². The van der Waals surface area contributed by atoms with Gasteiger partial charge in [0.15, 0.2) is 0 Å². The molecule has 0 aliphatic carbocycles. The lowest BCUT2D eigenvalue weighted by molar-refractivity contribution is 0.511. The van der Waals surface area contributed by atoms with Gasteiger partial charge in [0, 0.05) is 0 Å². The van der Waals surface area contributed by atoms with Crippen molar-refractivity contribution >= 4 is 0 Å². The molecule has 0 aliphatic rings. The summed E-state index contributed by atoms with van der Waals surface area (Å²) >= 11 is 0. The lowest BCUT2D eigenvalue weighted by atomic mass is 10.1. The minimum Gasteiger partial charge on any atom is -0.330 e. The molecule has 0 spiro atoms. The summed E-state index contributed by atoms with van der Waals surface area (Å²) in [6.07, 6.45) is 2.05. The maximum absolute atomic E-state index is 13.0. The van der Waals surface area contributed by atoms with Gasteiger partial charge in [-0.05, 0) is 62.5 Å². The van der Waals surface area contributed by atoms with E-state index in [0.717, 1.165) is 38.0 Å². The van der Waals surface area contributed by atoms with Crippen molar-refractivity contribution in [1.82, 2.24) is 5.32 Å². The van der Waals surface area contributed by atoms with E-state index in [1.807, 2.05) is 12.1 Å². The summed E-state index contributed by atoms with van der Waals surface area (Å²) in [5.41, 5.74) is 7.45. The second-order valence-electron chi connectivity index (χ2n) is 4.71. The minimum absolute atomic E-state index is 0.126. The molecule has 3 N–H and O–H groups in total. The van der Waals surface area contributed by atoms with Gasteiger partial charge in [-0.1, -0.05) is 19.1 Å². The highest BCUT2D eigenvalue weighted by molar-refractivity contribution is 5.24. The van der Waals surface area contributed by atoms with Crippen LogP contribution in [-0.4, -0.2) is 19.6 Å². The van der Waals surface area contributed by atoms with Gasteiger partial charge in [0.1, 0.15) is 5.82 Å². The number of benzene rings is 1. The van der Waals surface area contributed by atoms with Crippen LogP contribution in [0.1, 0.15) is 24.5 Å². The van der Waals surface area contributed by atoms with Gasteiger partial charge >= 0.3 is 0 Å². The highest BCUT2D eigenvalue weighted by Crippen LogP contribution is 2.09. The molecule has 1 aromatic carbocycles. The number of aryl methyl sites for hydroxylation is 1. The summed E-state index contributed by atoms with van der Waals surface area (Å²) in [5, 5.41) is 3.38. The second kappa shape index (κ2) is 7.41. The number of hydrogen-bond acceptors (Lipinski definition) is 2. The zero-order valence-corrected chi connectivity index (χ0v) is 10.8. The van der Waals surface area contributed by atoms with Gasteiger partial charge in [-0.15, -0.1) is 0 Å². The highest BCUT2D eigenvalue weighted by Gasteiger charge is 2.00. The maximum Gasteiger partial charge on any atom is 0.126 e. The van der Waals surface area contributed by atoms with Crippen LogP contribution in [-0.2, 0) is 6.42 Å². The molecule has 0 bridgehead atoms. The Hall–Kier alpha value is -0.930. The van der Waals surface area contributed by atoms with Crippen LogP contribution in [0.4, 0.5) is 4.39 Å². The van der Waals surface area contributed by atoms with Crippen molar-refractivity contribution in [3.63, 3.8) is 0 Å². The molecule has 0 amide bonds. The Bertz CT molecular complexity index is 339. The van der Waals surface area contributed by atoms with Crippen LogP contribution in [0.3, 0.4) is 0 Å². The fraction of sp³-hybridized carbons (Fsp3) is 0.571. The fourth-order valence-electron chi connectivity index (χ4n) is 1.69. The van der Waals surface area contributed by atoms with Crippen LogP contribution in [0.2, 0.25) is 0 Å². The van der Waals surface area contributed by atoms with E-state index in [0.29, 0.717) is 5.92 Å². The standard InChI is InChI=1S/C14H23FN2/c1-11(10-16)5-7-17-8-6-13-3-4-14(15)12(2)9-13/h3-4,9,11,17H,5-8,10,16H2,1-2H3. The van der Waals surface area contributed by atoms with E-state index in [1.54, 1.807) is 13.0 Å². The Morgan fingerprint density at radius 1 is 1.35 bits per heavy atom. The van der Waals surface area contributed by atoms with Crippen molar-refractivity contribution in [2.24, 2.45) is 11.7 Å². The van der Waals surface area contributed by atoms with Crippen molar-refractivity contribution in [2.45, 2.75) is 26.7 Å². The first-order valence-corrected chi connectivity index (χ1v) is 6.29. The summed E-state index contributed by atoms with van der Waals surface area (Å²) < 4.78 is 13.0. The minimum atomic E-state index is -0.126. The molecular formula is C14H23FN2. The van der Waals surface area contributed by atoms with Gasteiger partial charge in [0.2, 0.25) is 0 Å². The molecule has 96 valence electrons. The van der Waals surface area contributed by atoms with Crippen LogP contribution in [0.25, 0.3) is 0 Å². The molecule has 0 radical (unpaired) electrons. The van der Waals surface area contributed by atoms with Gasteiger partial charge in [-0.2, -0.15) is 0 Å². The smallest absolute Gasteiger partial charge is 0.126 e. The highest BCUT2D eigenvalue weighted by atomic mass is 19.1. The Labute approximate surface area is 103 Å². The maximum atomic E-state index is 13.0.